The molecular formula is C42H53N7O5. The van der Waals surface area contributed by atoms with Gasteiger partial charge in [-0.15, -0.1) is 0 Å². The Bertz CT molecular complexity index is 2170. The third-order valence-electron chi connectivity index (χ3n) is 10.9. The molecule has 0 bridgehead atoms. The average Bonchev–Trinajstić information content (AvgIpc) is 3.85. The van der Waals surface area contributed by atoms with Crippen molar-refractivity contribution >= 4 is 39.7 Å². The molecule has 0 aliphatic carbocycles. The molecule has 5 aromatic rings. The van der Waals surface area contributed by atoms with Crippen LogP contribution in [0, 0.1) is 0 Å². The number of fused-ring (bicyclic) bond motifs is 6. The summed E-state index contributed by atoms with van der Waals surface area (Å²) in [4.78, 5) is 59.0. The molecule has 12 heteroatoms. The first-order valence-corrected chi connectivity index (χ1v) is 19.2. The zero-order chi connectivity index (χ0) is 38.8. The Balaban J connectivity index is 1.28. The first-order chi connectivity index (χ1) is 25.9. The van der Waals surface area contributed by atoms with Crippen LogP contribution in [0.3, 0.4) is 0 Å². The second-order valence-electron chi connectivity index (χ2n) is 14.5. The largest absolute Gasteiger partial charge is 0.488 e. The number of aromatic amines is 2. The number of hydrogen-bond donors (Lipinski definition) is 3. The number of carbonyl (C=O) groups excluding carboxylic acids is 3. The lowest BCUT2D eigenvalue weighted by atomic mass is 9.92. The minimum atomic E-state index is -0.768. The van der Waals surface area contributed by atoms with E-state index in [4.69, 9.17) is 19.4 Å². The molecule has 0 radical (unpaired) electrons. The van der Waals surface area contributed by atoms with Crippen molar-refractivity contribution in [3.8, 4) is 28.1 Å². The lowest BCUT2D eigenvalue weighted by Gasteiger charge is -2.35. The van der Waals surface area contributed by atoms with Gasteiger partial charge in [-0.2, -0.15) is 0 Å². The molecule has 0 saturated heterocycles. The van der Waals surface area contributed by atoms with Crippen molar-refractivity contribution in [1.82, 2.24) is 35.1 Å². The van der Waals surface area contributed by atoms with E-state index in [9.17, 15) is 14.4 Å². The number of imidazole rings is 2. The summed E-state index contributed by atoms with van der Waals surface area (Å²) in [5, 5.41) is 4.57. The first kappa shape index (κ1) is 38.3. The van der Waals surface area contributed by atoms with Gasteiger partial charge in [0.05, 0.1) is 42.1 Å². The molecule has 0 saturated carbocycles. The minimum Gasteiger partial charge on any atom is -0.488 e. The Morgan fingerprint density at radius 1 is 0.889 bits per heavy atom. The smallest absolute Gasteiger partial charge is 0.407 e. The molecular weight excluding hydrogens is 683 g/mol. The Morgan fingerprint density at radius 2 is 1.61 bits per heavy atom. The van der Waals surface area contributed by atoms with E-state index in [1.54, 1.807) is 11.8 Å². The van der Waals surface area contributed by atoms with Crippen LogP contribution in [0.4, 0.5) is 4.79 Å². The Morgan fingerprint density at radius 3 is 2.31 bits per heavy atom. The molecule has 0 spiro atoms. The van der Waals surface area contributed by atoms with Gasteiger partial charge in [-0.3, -0.25) is 9.59 Å². The van der Waals surface area contributed by atoms with Crippen LogP contribution in [0.5, 0.6) is 5.75 Å². The number of ether oxygens (including phenoxy) is 2. The summed E-state index contributed by atoms with van der Waals surface area (Å²) < 4.78 is 11.1. The van der Waals surface area contributed by atoms with Gasteiger partial charge in [0.2, 0.25) is 11.8 Å². The molecule has 1 aliphatic heterocycles. The van der Waals surface area contributed by atoms with Gasteiger partial charge in [-0.05, 0) is 100 Å². The highest BCUT2D eigenvalue weighted by molar-refractivity contribution is 6.07. The van der Waals surface area contributed by atoms with Crippen LogP contribution in [0.2, 0.25) is 0 Å². The second kappa shape index (κ2) is 15.9. The van der Waals surface area contributed by atoms with Crippen LogP contribution >= 0.6 is 0 Å². The molecule has 1 aliphatic rings. The fourth-order valence-electron chi connectivity index (χ4n) is 7.52. The van der Waals surface area contributed by atoms with Gasteiger partial charge in [-0.1, -0.05) is 39.0 Å². The summed E-state index contributed by atoms with van der Waals surface area (Å²) in [6, 6.07) is 13.4. The number of alkyl carbamates (subject to hydrolysis) is 1. The molecule has 3 aromatic carbocycles. The van der Waals surface area contributed by atoms with E-state index in [2.05, 4.69) is 65.5 Å². The number of rotatable bonds is 13. The highest BCUT2D eigenvalue weighted by Gasteiger charge is 2.32. The van der Waals surface area contributed by atoms with Crippen LogP contribution in [-0.2, 0) is 20.9 Å². The van der Waals surface area contributed by atoms with Crippen LogP contribution in [0.1, 0.15) is 110 Å². The molecule has 1 unspecified atom stereocenters. The summed E-state index contributed by atoms with van der Waals surface area (Å²) in [5.74, 6) is 2.15. The van der Waals surface area contributed by atoms with Crippen molar-refractivity contribution in [3.05, 3.63) is 65.9 Å². The lowest BCUT2D eigenvalue weighted by molar-refractivity contribution is -0.138. The van der Waals surface area contributed by atoms with E-state index in [0.29, 0.717) is 18.9 Å². The van der Waals surface area contributed by atoms with Crippen molar-refractivity contribution in [2.45, 2.75) is 118 Å². The molecule has 12 nitrogen and oxygen atoms in total. The van der Waals surface area contributed by atoms with Crippen molar-refractivity contribution < 1.29 is 23.9 Å². The predicted molar refractivity (Wildman–Crippen MR) is 211 cm³/mol. The SMILES string of the molecule is CCCC(=O)N([C@@H](C)CC)[C@@H](C)c1ncc(-c2ccc3c(c2)COc2cc4c(ccc5[nH]c(C(C)N(C(=O)[C@H](C)NC(=O)OC)[C@@H](C)CC)nc54)cc2-3)[nH]1. The molecule has 286 valence electrons. The maximum atomic E-state index is 13.6. The number of amides is 3. The number of nitrogens with zero attached hydrogens (tertiary/aromatic N) is 4. The van der Waals surface area contributed by atoms with Crippen LogP contribution in [-0.4, -0.2) is 72.9 Å². The quantitative estimate of drug-likeness (QED) is 0.110. The number of carbonyl (C=O) groups is 3. The summed E-state index contributed by atoms with van der Waals surface area (Å²) in [7, 11) is 1.28. The van der Waals surface area contributed by atoms with Crippen molar-refractivity contribution in [1.29, 1.82) is 0 Å². The van der Waals surface area contributed by atoms with E-state index < -0.39 is 12.1 Å². The van der Waals surface area contributed by atoms with Gasteiger partial charge >= 0.3 is 6.09 Å². The Hall–Kier alpha value is -5.39. The number of H-pyrrole nitrogens is 2. The fourth-order valence-corrected chi connectivity index (χ4v) is 7.52. The van der Waals surface area contributed by atoms with Gasteiger partial charge < -0.3 is 34.6 Å². The van der Waals surface area contributed by atoms with Gasteiger partial charge in [0, 0.05) is 29.5 Å². The number of methoxy groups -OCH3 is 1. The standard InChI is InChI=1S/C42H53N7O5/c1-10-13-37(50)48(23(4)11-2)26(7)39-43-21-35(46-39)29-14-16-31-30(18-29)22-54-36-20-32-28(19-33(31)36)15-17-34-38(32)47-40(45-34)27(8)49(24(5)12-3)41(51)25(6)44-42(52)53-9/h14-21,23-27H,10-13,22H2,1-9H3,(H,43,46)(H,44,52)(H,45,47)/t23-,24-,25-,26-,27?/m0/s1. The molecule has 5 atom stereocenters. The zero-order valence-corrected chi connectivity index (χ0v) is 32.9. The third-order valence-corrected chi connectivity index (χ3v) is 10.9. The lowest BCUT2D eigenvalue weighted by Crippen LogP contribution is -2.50. The van der Waals surface area contributed by atoms with E-state index >= 15 is 0 Å². The van der Waals surface area contributed by atoms with Crippen molar-refractivity contribution in [3.63, 3.8) is 0 Å². The molecule has 0 fully saturated rings. The van der Waals surface area contributed by atoms with E-state index in [0.717, 1.165) is 80.6 Å². The van der Waals surface area contributed by atoms with Crippen LogP contribution in [0.25, 0.3) is 44.2 Å². The summed E-state index contributed by atoms with van der Waals surface area (Å²) in [6.07, 6.45) is 4.13. The molecule has 3 heterocycles. The number of nitrogens with one attached hydrogen (secondary N) is 3. The van der Waals surface area contributed by atoms with Crippen LogP contribution < -0.4 is 10.1 Å². The first-order valence-electron chi connectivity index (χ1n) is 19.2. The average molecular weight is 736 g/mol. The topological polar surface area (TPSA) is 146 Å². The third kappa shape index (κ3) is 7.25. The maximum Gasteiger partial charge on any atom is 0.407 e. The molecule has 54 heavy (non-hydrogen) atoms. The number of benzene rings is 3. The zero-order valence-electron chi connectivity index (χ0n) is 32.9. The number of hydrogen-bond acceptors (Lipinski definition) is 7. The highest BCUT2D eigenvalue weighted by atomic mass is 16.5. The monoisotopic (exact) mass is 735 g/mol. The van der Waals surface area contributed by atoms with Crippen molar-refractivity contribution in [2.24, 2.45) is 0 Å². The molecule has 3 amide bonds. The second-order valence-corrected chi connectivity index (χ2v) is 14.5. The molecule has 3 N–H and O–H groups in total. The normalized spacial score (nSPS) is 15.0. The van der Waals surface area contributed by atoms with E-state index in [1.807, 2.05) is 51.8 Å². The van der Waals surface area contributed by atoms with Gasteiger partial charge in [0.1, 0.15) is 30.0 Å². The predicted octanol–water partition coefficient (Wildman–Crippen LogP) is 8.59. The maximum absolute atomic E-state index is 13.6. The fraction of sp³-hybridized carbons (Fsp3) is 0.452. The van der Waals surface area contributed by atoms with Gasteiger partial charge in [0.15, 0.2) is 0 Å². The minimum absolute atomic E-state index is 0.0968. The van der Waals surface area contributed by atoms with E-state index in [1.165, 1.54) is 7.11 Å². The highest BCUT2D eigenvalue weighted by Crippen LogP contribution is 2.43. The molecule has 6 rings (SSSR count). The summed E-state index contributed by atoms with van der Waals surface area (Å²) >= 11 is 0. The number of aromatic nitrogens is 4. The van der Waals surface area contributed by atoms with Crippen LogP contribution in [0.15, 0.2) is 48.7 Å². The van der Waals surface area contributed by atoms with E-state index in [-0.39, 0.29) is 36.0 Å². The van der Waals surface area contributed by atoms with Crippen molar-refractivity contribution in [2.75, 3.05) is 7.11 Å². The Labute approximate surface area is 317 Å². The summed E-state index contributed by atoms with van der Waals surface area (Å²) in [6.45, 7) is 16.3. The Kier molecular flexibility index (Phi) is 11.3. The van der Waals surface area contributed by atoms with Gasteiger partial charge in [0.25, 0.3) is 0 Å². The van der Waals surface area contributed by atoms with Gasteiger partial charge in [-0.25, -0.2) is 14.8 Å². The summed E-state index contributed by atoms with van der Waals surface area (Å²) in [5.41, 5.74) is 6.75. The molecule has 2 aromatic heterocycles.